The van der Waals surface area contributed by atoms with E-state index in [0.717, 1.165) is 31.4 Å². The van der Waals surface area contributed by atoms with Gasteiger partial charge in [-0.15, -0.1) is 0 Å². The summed E-state index contributed by atoms with van der Waals surface area (Å²) in [6.07, 6.45) is 3.97. The lowest BCUT2D eigenvalue weighted by atomic mass is 10.0. The molecule has 0 unspecified atom stereocenters. The van der Waals surface area contributed by atoms with Gasteiger partial charge in [-0.2, -0.15) is 5.26 Å². The third kappa shape index (κ3) is 2.63. The van der Waals surface area contributed by atoms with Crippen LogP contribution in [0.1, 0.15) is 37.2 Å². The second kappa shape index (κ2) is 4.69. The zero-order valence-electron chi connectivity index (χ0n) is 9.20. The first-order chi connectivity index (χ1) is 7.72. The number of hydrogen-bond acceptors (Lipinski definition) is 4. The molecule has 1 aliphatic carbocycles. The molecule has 1 heterocycles. The van der Waals surface area contributed by atoms with E-state index in [2.05, 4.69) is 5.32 Å². The fourth-order valence-electron chi connectivity index (χ4n) is 2.16. The van der Waals surface area contributed by atoms with E-state index >= 15 is 0 Å². The molecule has 0 spiro atoms. The van der Waals surface area contributed by atoms with Crippen molar-refractivity contribution in [3.8, 4) is 6.07 Å². The second-order valence-electron chi connectivity index (χ2n) is 4.41. The van der Waals surface area contributed by atoms with Crippen LogP contribution in [-0.2, 0) is 6.54 Å². The highest BCUT2D eigenvalue weighted by Crippen LogP contribution is 2.28. The van der Waals surface area contributed by atoms with Crippen LogP contribution in [0.15, 0.2) is 16.5 Å². The van der Waals surface area contributed by atoms with Gasteiger partial charge in [0.2, 0.25) is 5.76 Å². The van der Waals surface area contributed by atoms with E-state index in [1.807, 2.05) is 6.07 Å². The van der Waals surface area contributed by atoms with Gasteiger partial charge in [-0.05, 0) is 25.0 Å². The zero-order chi connectivity index (χ0) is 11.4. The van der Waals surface area contributed by atoms with Gasteiger partial charge in [-0.1, -0.05) is 12.8 Å². The van der Waals surface area contributed by atoms with Gasteiger partial charge in [0.05, 0.1) is 12.1 Å². The minimum Gasteiger partial charge on any atom is -0.449 e. The molecule has 0 atom stereocenters. The zero-order valence-corrected chi connectivity index (χ0v) is 9.20. The number of rotatable bonds is 4. The Hall–Kier alpha value is -1.31. The van der Waals surface area contributed by atoms with Crippen LogP contribution in [0.4, 0.5) is 0 Å². The van der Waals surface area contributed by atoms with Crippen molar-refractivity contribution in [2.45, 2.75) is 37.8 Å². The lowest BCUT2D eigenvalue weighted by Gasteiger charge is -2.21. The maximum atomic E-state index is 10.1. The maximum Gasteiger partial charge on any atom is 0.203 e. The molecule has 0 amide bonds. The van der Waals surface area contributed by atoms with Gasteiger partial charge < -0.3 is 14.8 Å². The molecule has 4 heteroatoms. The summed E-state index contributed by atoms with van der Waals surface area (Å²) in [5.74, 6) is 1.06. The molecule has 0 aromatic carbocycles. The van der Waals surface area contributed by atoms with Crippen LogP contribution < -0.4 is 5.32 Å². The first-order valence-electron chi connectivity index (χ1n) is 5.64. The largest absolute Gasteiger partial charge is 0.449 e. The number of nitrogens with zero attached hydrogens (tertiary/aromatic N) is 1. The molecule has 1 aromatic rings. The average Bonchev–Trinajstić information content (AvgIpc) is 2.88. The summed E-state index contributed by atoms with van der Waals surface area (Å²) in [5.41, 5.74) is -0.537. The van der Waals surface area contributed by atoms with E-state index in [0.29, 0.717) is 18.8 Å². The SMILES string of the molecule is N#Cc1ccc(CNCC2(O)CCCC2)o1. The number of nitrogens with one attached hydrogen (secondary N) is 1. The van der Waals surface area contributed by atoms with Gasteiger partial charge in [0.25, 0.3) is 0 Å². The van der Waals surface area contributed by atoms with Crippen molar-refractivity contribution < 1.29 is 9.52 Å². The third-order valence-corrected chi connectivity index (χ3v) is 3.06. The smallest absolute Gasteiger partial charge is 0.203 e. The Bertz CT molecular complexity index is 386. The van der Waals surface area contributed by atoms with Crippen molar-refractivity contribution in [1.82, 2.24) is 5.32 Å². The fourth-order valence-corrected chi connectivity index (χ4v) is 2.16. The van der Waals surface area contributed by atoms with Gasteiger partial charge in [-0.3, -0.25) is 0 Å². The standard InChI is InChI=1S/C12H16N2O2/c13-7-10-3-4-11(16-10)8-14-9-12(15)5-1-2-6-12/h3-4,14-15H,1-2,5-6,8-9H2. The minimum atomic E-state index is -0.537. The molecule has 0 bridgehead atoms. The van der Waals surface area contributed by atoms with Crippen molar-refractivity contribution in [1.29, 1.82) is 5.26 Å². The molecule has 1 saturated carbocycles. The Labute approximate surface area is 94.9 Å². The molecule has 0 radical (unpaired) electrons. The topological polar surface area (TPSA) is 69.2 Å². The lowest BCUT2D eigenvalue weighted by Crippen LogP contribution is -2.37. The van der Waals surface area contributed by atoms with E-state index in [9.17, 15) is 5.11 Å². The van der Waals surface area contributed by atoms with Gasteiger partial charge >= 0.3 is 0 Å². The predicted octanol–water partition coefficient (Wildman–Crippen LogP) is 1.55. The predicted molar refractivity (Wildman–Crippen MR) is 58.5 cm³/mol. The van der Waals surface area contributed by atoms with E-state index in [-0.39, 0.29) is 0 Å². The molecule has 0 saturated heterocycles. The Kier molecular flexibility index (Phi) is 3.28. The minimum absolute atomic E-state index is 0.330. The van der Waals surface area contributed by atoms with E-state index in [1.54, 1.807) is 12.1 Å². The number of nitriles is 1. The Morgan fingerprint density at radius 3 is 2.81 bits per heavy atom. The van der Waals surface area contributed by atoms with Gasteiger partial charge in [-0.25, -0.2) is 0 Å². The van der Waals surface area contributed by atoms with E-state index < -0.39 is 5.60 Å². The fraction of sp³-hybridized carbons (Fsp3) is 0.583. The lowest BCUT2D eigenvalue weighted by molar-refractivity contribution is 0.0470. The monoisotopic (exact) mass is 220 g/mol. The average molecular weight is 220 g/mol. The Balaban J connectivity index is 1.77. The number of hydrogen-bond donors (Lipinski definition) is 2. The van der Waals surface area contributed by atoms with Crippen molar-refractivity contribution in [3.63, 3.8) is 0 Å². The second-order valence-corrected chi connectivity index (χ2v) is 4.41. The molecular formula is C12H16N2O2. The van der Waals surface area contributed by atoms with E-state index in [4.69, 9.17) is 9.68 Å². The molecule has 1 fully saturated rings. The number of furan rings is 1. The molecule has 1 aromatic heterocycles. The van der Waals surface area contributed by atoms with Gasteiger partial charge in [0.15, 0.2) is 0 Å². The Morgan fingerprint density at radius 1 is 1.44 bits per heavy atom. The normalized spacial score (nSPS) is 18.5. The molecule has 1 aliphatic rings. The van der Waals surface area contributed by atoms with Crippen molar-refractivity contribution in [2.24, 2.45) is 0 Å². The molecule has 86 valence electrons. The van der Waals surface area contributed by atoms with Crippen LogP contribution >= 0.6 is 0 Å². The van der Waals surface area contributed by atoms with Crippen LogP contribution in [0.2, 0.25) is 0 Å². The first kappa shape index (κ1) is 11.2. The molecule has 0 aliphatic heterocycles. The van der Waals surface area contributed by atoms with Gasteiger partial charge in [0.1, 0.15) is 11.8 Å². The van der Waals surface area contributed by atoms with Crippen LogP contribution in [0.5, 0.6) is 0 Å². The quantitative estimate of drug-likeness (QED) is 0.807. The highest BCUT2D eigenvalue weighted by molar-refractivity contribution is 5.18. The highest BCUT2D eigenvalue weighted by atomic mass is 16.3. The van der Waals surface area contributed by atoms with Crippen LogP contribution in [0.3, 0.4) is 0 Å². The van der Waals surface area contributed by atoms with Crippen LogP contribution in [-0.4, -0.2) is 17.3 Å². The summed E-state index contributed by atoms with van der Waals surface area (Å²) in [6, 6.07) is 5.38. The maximum absolute atomic E-state index is 10.1. The third-order valence-electron chi connectivity index (χ3n) is 3.06. The van der Waals surface area contributed by atoms with Crippen molar-refractivity contribution in [3.05, 3.63) is 23.7 Å². The first-order valence-corrected chi connectivity index (χ1v) is 5.64. The molecular weight excluding hydrogens is 204 g/mol. The summed E-state index contributed by atoms with van der Waals surface area (Å²) in [6.45, 7) is 1.15. The van der Waals surface area contributed by atoms with Crippen molar-refractivity contribution >= 4 is 0 Å². The molecule has 2 N–H and O–H groups in total. The highest BCUT2D eigenvalue weighted by Gasteiger charge is 2.30. The Morgan fingerprint density at radius 2 is 2.19 bits per heavy atom. The summed E-state index contributed by atoms with van der Waals surface area (Å²) in [5, 5.41) is 21.8. The number of aliphatic hydroxyl groups is 1. The molecule has 16 heavy (non-hydrogen) atoms. The van der Waals surface area contributed by atoms with Crippen molar-refractivity contribution in [2.75, 3.05) is 6.54 Å². The summed E-state index contributed by atoms with van der Waals surface area (Å²) < 4.78 is 5.23. The van der Waals surface area contributed by atoms with E-state index in [1.165, 1.54) is 0 Å². The van der Waals surface area contributed by atoms with Crippen LogP contribution in [0.25, 0.3) is 0 Å². The summed E-state index contributed by atoms with van der Waals surface area (Å²) in [7, 11) is 0. The summed E-state index contributed by atoms with van der Waals surface area (Å²) >= 11 is 0. The molecule has 4 nitrogen and oxygen atoms in total. The summed E-state index contributed by atoms with van der Waals surface area (Å²) in [4.78, 5) is 0. The van der Waals surface area contributed by atoms with Crippen LogP contribution in [0, 0.1) is 11.3 Å². The van der Waals surface area contributed by atoms with Gasteiger partial charge in [0, 0.05) is 6.54 Å². The molecule has 2 rings (SSSR count).